The molecule has 0 radical (unpaired) electrons. The van der Waals surface area contributed by atoms with E-state index in [0.717, 1.165) is 42.8 Å². The molecule has 6 heteroatoms. The quantitative estimate of drug-likeness (QED) is 0.496. The van der Waals surface area contributed by atoms with Crippen LogP contribution in [0.3, 0.4) is 0 Å². The third-order valence-electron chi connectivity index (χ3n) is 4.87. The number of nitrogens with zero attached hydrogens (tertiary/aromatic N) is 2. The van der Waals surface area contributed by atoms with Gasteiger partial charge in [-0.25, -0.2) is 4.79 Å². The van der Waals surface area contributed by atoms with Crippen LogP contribution in [0.1, 0.15) is 30.4 Å². The van der Waals surface area contributed by atoms with Crippen molar-refractivity contribution in [2.75, 3.05) is 26.7 Å². The molecule has 1 aliphatic heterocycles. The van der Waals surface area contributed by atoms with Gasteiger partial charge in [-0.1, -0.05) is 53.9 Å². The molecule has 1 saturated heterocycles. The molecule has 1 fully saturated rings. The third kappa shape index (κ3) is 5.57. The first-order chi connectivity index (χ1) is 13.6. The van der Waals surface area contributed by atoms with Gasteiger partial charge < -0.3 is 9.64 Å². The summed E-state index contributed by atoms with van der Waals surface area (Å²) in [5.41, 5.74) is 2.50. The molecule has 1 atom stereocenters. The average Bonchev–Trinajstić information content (AvgIpc) is 2.73. The highest BCUT2D eigenvalue weighted by atomic mass is 35.5. The molecular formula is C22H24Cl2N2O2. The summed E-state index contributed by atoms with van der Waals surface area (Å²) >= 11 is 12.1. The number of rotatable bonds is 6. The molecule has 28 heavy (non-hydrogen) atoms. The lowest BCUT2D eigenvalue weighted by atomic mass is 10.0. The Morgan fingerprint density at radius 1 is 0.964 bits per heavy atom. The number of benzene rings is 2. The van der Waals surface area contributed by atoms with Crippen LogP contribution in [0.5, 0.6) is 0 Å². The standard InChI is InChI=1S/C22H24Cl2N2O2/c1-28-22(27)20(15-26-13-3-2-4-14-26)25-21(16-5-9-18(23)10-6-16)17-7-11-19(24)12-8-17/h5-12,20H,2-4,13-15H2,1H3. The minimum absolute atomic E-state index is 0.328. The molecule has 3 rings (SSSR count). The molecule has 0 saturated carbocycles. The van der Waals surface area contributed by atoms with Gasteiger partial charge in [-0.3, -0.25) is 4.99 Å². The molecule has 0 aliphatic carbocycles. The zero-order valence-electron chi connectivity index (χ0n) is 15.9. The lowest BCUT2D eigenvalue weighted by Gasteiger charge is -2.28. The smallest absolute Gasteiger partial charge is 0.331 e. The Hall–Kier alpha value is -1.88. The number of hydrogen-bond acceptors (Lipinski definition) is 4. The number of methoxy groups -OCH3 is 1. The van der Waals surface area contributed by atoms with Crippen LogP contribution in [0.25, 0.3) is 0 Å². The van der Waals surface area contributed by atoms with Gasteiger partial charge in [0.1, 0.15) is 0 Å². The van der Waals surface area contributed by atoms with Crippen molar-refractivity contribution < 1.29 is 9.53 Å². The Morgan fingerprint density at radius 3 is 1.93 bits per heavy atom. The van der Waals surface area contributed by atoms with Crippen LogP contribution in [0.4, 0.5) is 0 Å². The highest BCUT2D eigenvalue weighted by Crippen LogP contribution is 2.19. The summed E-state index contributed by atoms with van der Waals surface area (Å²) in [7, 11) is 1.41. The van der Waals surface area contributed by atoms with Crippen LogP contribution < -0.4 is 0 Å². The lowest BCUT2D eigenvalue weighted by molar-refractivity contribution is -0.142. The highest BCUT2D eigenvalue weighted by Gasteiger charge is 2.24. The predicted molar refractivity (Wildman–Crippen MR) is 115 cm³/mol. The van der Waals surface area contributed by atoms with Crippen LogP contribution >= 0.6 is 23.2 Å². The topological polar surface area (TPSA) is 41.9 Å². The van der Waals surface area contributed by atoms with Crippen LogP contribution in [-0.4, -0.2) is 49.4 Å². The molecule has 0 aromatic heterocycles. The van der Waals surface area contributed by atoms with Crippen molar-refractivity contribution in [3.8, 4) is 0 Å². The van der Waals surface area contributed by atoms with Gasteiger partial charge in [0.15, 0.2) is 6.04 Å². The monoisotopic (exact) mass is 418 g/mol. The molecule has 2 aromatic carbocycles. The summed E-state index contributed by atoms with van der Waals surface area (Å²) in [6.07, 6.45) is 3.54. The fourth-order valence-electron chi connectivity index (χ4n) is 3.38. The molecule has 1 unspecified atom stereocenters. The summed E-state index contributed by atoms with van der Waals surface area (Å²) in [6.45, 7) is 2.53. The third-order valence-corrected chi connectivity index (χ3v) is 5.38. The predicted octanol–water partition coefficient (Wildman–Crippen LogP) is 4.86. The van der Waals surface area contributed by atoms with E-state index in [9.17, 15) is 4.79 Å². The zero-order valence-corrected chi connectivity index (χ0v) is 17.4. The van der Waals surface area contributed by atoms with E-state index >= 15 is 0 Å². The fraction of sp³-hybridized carbons (Fsp3) is 0.364. The first kappa shape index (κ1) is 20.8. The van der Waals surface area contributed by atoms with Gasteiger partial charge >= 0.3 is 5.97 Å². The molecule has 148 valence electrons. The number of carbonyl (C=O) groups is 1. The minimum Gasteiger partial charge on any atom is -0.467 e. The molecule has 2 aromatic rings. The van der Waals surface area contributed by atoms with E-state index in [1.54, 1.807) is 0 Å². The molecule has 1 heterocycles. The molecule has 4 nitrogen and oxygen atoms in total. The van der Waals surface area contributed by atoms with Crippen molar-refractivity contribution in [1.29, 1.82) is 0 Å². The Morgan fingerprint density at radius 2 is 1.46 bits per heavy atom. The summed E-state index contributed by atoms with van der Waals surface area (Å²) in [4.78, 5) is 19.6. The second-order valence-electron chi connectivity index (χ2n) is 6.89. The highest BCUT2D eigenvalue weighted by molar-refractivity contribution is 6.31. The number of aliphatic imine (C=N–C) groups is 1. The second-order valence-corrected chi connectivity index (χ2v) is 7.76. The van der Waals surface area contributed by atoms with Crippen LogP contribution in [0.2, 0.25) is 10.0 Å². The maximum atomic E-state index is 12.5. The van der Waals surface area contributed by atoms with Crippen molar-refractivity contribution in [1.82, 2.24) is 4.90 Å². The molecule has 0 spiro atoms. The average molecular weight is 419 g/mol. The number of carbonyl (C=O) groups excluding carboxylic acids is 1. The Bertz CT molecular complexity index is 766. The van der Waals surface area contributed by atoms with E-state index in [1.165, 1.54) is 13.5 Å². The van der Waals surface area contributed by atoms with Gasteiger partial charge in [0.05, 0.1) is 12.8 Å². The Labute approximate surface area is 176 Å². The summed E-state index contributed by atoms with van der Waals surface area (Å²) in [5, 5.41) is 1.30. The zero-order chi connectivity index (χ0) is 19.9. The molecule has 0 N–H and O–H groups in total. The summed E-state index contributed by atoms with van der Waals surface area (Å²) in [5.74, 6) is -0.328. The van der Waals surface area contributed by atoms with E-state index in [0.29, 0.717) is 16.6 Å². The van der Waals surface area contributed by atoms with E-state index in [2.05, 4.69) is 4.90 Å². The van der Waals surface area contributed by atoms with Crippen molar-refractivity contribution >= 4 is 34.9 Å². The van der Waals surface area contributed by atoms with Crippen LogP contribution in [0.15, 0.2) is 53.5 Å². The number of likely N-dealkylation sites (tertiary alicyclic amines) is 1. The van der Waals surface area contributed by atoms with Crippen molar-refractivity contribution in [3.05, 3.63) is 69.7 Å². The first-order valence-electron chi connectivity index (χ1n) is 9.46. The number of halogens is 2. The Kier molecular flexibility index (Phi) is 7.49. The van der Waals surface area contributed by atoms with Crippen LogP contribution in [0, 0.1) is 0 Å². The maximum Gasteiger partial charge on any atom is 0.331 e. The van der Waals surface area contributed by atoms with Crippen molar-refractivity contribution in [2.45, 2.75) is 25.3 Å². The van der Waals surface area contributed by atoms with Crippen molar-refractivity contribution in [2.24, 2.45) is 4.99 Å². The van der Waals surface area contributed by atoms with Gasteiger partial charge in [0.25, 0.3) is 0 Å². The number of esters is 1. The molecule has 0 bridgehead atoms. The van der Waals surface area contributed by atoms with E-state index in [1.807, 2.05) is 48.5 Å². The van der Waals surface area contributed by atoms with Gasteiger partial charge in [-0.05, 0) is 50.2 Å². The number of piperidine rings is 1. The summed E-state index contributed by atoms with van der Waals surface area (Å²) in [6, 6.07) is 14.3. The second kappa shape index (κ2) is 10.1. The van der Waals surface area contributed by atoms with Gasteiger partial charge in [0.2, 0.25) is 0 Å². The molecule has 1 aliphatic rings. The van der Waals surface area contributed by atoms with Gasteiger partial charge in [-0.15, -0.1) is 0 Å². The Balaban J connectivity index is 1.98. The van der Waals surface area contributed by atoms with Crippen LogP contribution in [-0.2, 0) is 9.53 Å². The van der Waals surface area contributed by atoms with Gasteiger partial charge in [-0.2, -0.15) is 0 Å². The van der Waals surface area contributed by atoms with Gasteiger partial charge in [0, 0.05) is 27.7 Å². The van der Waals surface area contributed by atoms with E-state index in [-0.39, 0.29) is 5.97 Å². The summed E-state index contributed by atoms with van der Waals surface area (Å²) < 4.78 is 5.05. The first-order valence-corrected chi connectivity index (χ1v) is 10.2. The normalized spacial score (nSPS) is 15.7. The maximum absolute atomic E-state index is 12.5. The van der Waals surface area contributed by atoms with Crippen molar-refractivity contribution in [3.63, 3.8) is 0 Å². The largest absolute Gasteiger partial charge is 0.467 e. The number of ether oxygens (including phenoxy) is 1. The SMILES string of the molecule is COC(=O)C(CN1CCCCC1)N=C(c1ccc(Cl)cc1)c1ccc(Cl)cc1. The molecular weight excluding hydrogens is 395 g/mol. The molecule has 0 amide bonds. The van der Waals surface area contributed by atoms with E-state index in [4.69, 9.17) is 32.9 Å². The van der Waals surface area contributed by atoms with E-state index < -0.39 is 6.04 Å². The lowest BCUT2D eigenvalue weighted by Crippen LogP contribution is -2.40. The number of hydrogen-bond donors (Lipinski definition) is 0. The minimum atomic E-state index is -0.593. The fourth-order valence-corrected chi connectivity index (χ4v) is 3.63.